The Morgan fingerprint density at radius 1 is 0.956 bits per heavy atom. The van der Waals surface area contributed by atoms with E-state index in [1.165, 1.54) is 49.0 Å². The van der Waals surface area contributed by atoms with Gasteiger partial charge in [-0.3, -0.25) is 4.68 Å². The molecule has 0 radical (unpaired) electrons. The second-order valence-corrected chi connectivity index (χ2v) is 12.5. The van der Waals surface area contributed by atoms with E-state index in [9.17, 15) is 21.6 Å². The van der Waals surface area contributed by atoms with Gasteiger partial charge >= 0.3 is 12.1 Å². The van der Waals surface area contributed by atoms with Gasteiger partial charge in [0.05, 0.1) is 17.6 Å². The van der Waals surface area contributed by atoms with Crippen molar-refractivity contribution in [2.24, 2.45) is 7.05 Å². The molecule has 0 aliphatic carbocycles. The number of nitrogens with zero attached hydrogens (tertiary/aromatic N) is 6. The fourth-order valence-corrected chi connectivity index (χ4v) is 5.92. The molecule has 0 unspecified atom stereocenters. The number of halogens is 6. The van der Waals surface area contributed by atoms with E-state index in [1.807, 2.05) is 16.7 Å². The molecule has 0 spiro atoms. The minimum Gasteiger partial charge on any atom is -0.437 e. The normalized spacial score (nSPS) is 14.9. The lowest BCUT2D eigenvalue weighted by Gasteiger charge is -2.34. The maximum Gasteiger partial charge on any atom is 0.458 e. The Bertz CT molecular complexity index is 1830. The number of aromatic nitrogens is 4. The minimum absolute atomic E-state index is 0.0585. The molecule has 2 aromatic heterocycles. The molecule has 0 bridgehead atoms. The van der Waals surface area contributed by atoms with E-state index < -0.39 is 45.2 Å². The number of ether oxygens (including phenoxy) is 1. The van der Waals surface area contributed by atoms with Crippen molar-refractivity contribution >= 4 is 33.3 Å². The summed E-state index contributed by atoms with van der Waals surface area (Å²) < 4.78 is 108. The first-order valence-corrected chi connectivity index (χ1v) is 15.3. The molecule has 4 aromatic rings. The lowest BCUT2D eigenvalue weighted by molar-refractivity contribution is -0.289. The van der Waals surface area contributed by atoms with E-state index >= 15 is 8.78 Å². The molecule has 1 fully saturated rings. The van der Waals surface area contributed by atoms with E-state index in [-0.39, 0.29) is 26.8 Å². The van der Waals surface area contributed by atoms with Crippen molar-refractivity contribution in [1.82, 2.24) is 24.6 Å². The van der Waals surface area contributed by atoms with Crippen molar-refractivity contribution in [2.75, 3.05) is 42.8 Å². The summed E-state index contributed by atoms with van der Waals surface area (Å²) in [4.78, 5) is 11.3. The highest BCUT2D eigenvalue weighted by molar-refractivity contribution is 7.92. The van der Waals surface area contributed by atoms with E-state index in [0.29, 0.717) is 31.9 Å². The quantitative estimate of drug-likeness (QED) is 0.233. The maximum absolute atomic E-state index is 15.5. The number of hydrogen-bond donors (Lipinski definition) is 1. The molecule has 240 valence electrons. The molecule has 2 aromatic carbocycles. The number of aryl methyl sites for hydroxylation is 2. The fraction of sp³-hybridized carbons (Fsp3) is 0.321. The molecule has 5 rings (SSSR count). The number of alkyl halides is 5. The van der Waals surface area contributed by atoms with Crippen molar-refractivity contribution in [3.8, 4) is 22.9 Å². The molecular formula is C28H27ClF5N7O3S. The third-order valence-corrected chi connectivity index (χ3v) is 8.82. The van der Waals surface area contributed by atoms with Crippen molar-refractivity contribution in [1.29, 1.82) is 0 Å². The van der Waals surface area contributed by atoms with Crippen LogP contribution in [-0.4, -0.2) is 72.5 Å². The average Bonchev–Trinajstić information content (AvgIpc) is 3.41. The molecule has 10 nitrogen and oxygen atoms in total. The van der Waals surface area contributed by atoms with Gasteiger partial charge in [0.1, 0.15) is 21.2 Å². The molecule has 1 N–H and O–H groups in total. The van der Waals surface area contributed by atoms with Gasteiger partial charge in [-0.1, -0.05) is 41.9 Å². The molecule has 1 aliphatic rings. The number of nitrogens with one attached hydrogen (secondary N) is 1. The van der Waals surface area contributed by atoms with E-state index in [1.54, 1.807) is 12.1 Å². The van der Waals surface area contributed by atoms with Crippen molar-refractivity contribution < 1.29 is 35.1 Å². The SMILES string of the molecule is Cc1ccccc1-c1nc(NS(=O)(=O)c2cnn(C)c2)nc(Oc2cccc(N3CCN(C)CC3)c2Cl)c1C(F)(F)C(F)(F)F. The maximum atomic E-state index is 15.5. The van der Waals surface area contributed by atoms with Crippen LogP contribution in [0.2, 0.25) is 5.02 Å². The summed E-state index contributed by atoms with van der Waals surface area (Å²) >= 11 is 6.64. The van der Waals surface area contributed by atoms with Gasteiger partial charge in [0.2, 0.25) is 11.8 Å². The fourth-order valence-electron chi connectivity index (χ4n) is 4.71. The van der Waals surface area contributed by atoms with Crippen LogP contribution in [0.15, 0.2) is 59.8 Å². The predicted octanol–water partition coefficient (Wildman–Crippen LogP) is 5.84. The average molecular weight is 672 g/mol. The van der Waals surface area contributed by atoms with Gasteiger partial charge in [-0.25, -0.2) is 18.1 Å². The number of rotatable bonds is 8. The van der Waals surface area contributed by atoms with Crippen LogP contribution in [-0.2, 0) is 23.0 Å². The van der Waals surface area contributed by atoms with Crippen LogP contribution in [0.4, 0.5) is 33.6 Å². The van der Waals surface area contributed by atoms with E-state index in [0.717, 1.165) is 12.4 Å². The van der Waals surface area contributed by atoms with Gasteiger partial charge in [-0.05, 0) is 31.7 Å². The number of anilines is 2. The summed E-state index contributed by atoms with van der Waals surface area (Å²) in [5.74, 6) is -7.88. The third-order valence-electron chi connectivity index (χ3n) is 7.16. The predicted molar refractivity (Wildman–Crippen MR) is 157 cm³/mol. The van der Waals surface area contributed by atoms with Crippen LogP contribution in [0.3, 0.4) is 0 Å². The van der Waals surface area contributed by atoms with Crippen LogP contribution < -0.4 is 14.4 Å². The van der Waals surface area contributed by atoms with Gasteiger partial charge in [-0.15, -0.1) is 0 Å². The molecule has 1 aliphatic heterocycles. The lowest BCUT2D eigenvalue weighted by Crippen LogP contribution is -2.44. The zero-order valence-electron chi connectivity index (χ0n) is 24.1. The van der Waals surface area contributed by atoms with Crippen LogP contribution >= 0.6 is 11.6 Å². The Balaban J connectivity index is 1.72. The summed E-state index contributed by atoms with van der Waals surface area (Å²) in [7, 11) is -1.05. The molecule has 0 atom stereocenters. The summed E-state index contributed by atoms with van der Waals surface area (Å²) in [6, 6.07) is 10.2. The monoisotopic (exact) mass is 671 g/mol. The molecule has 1 saturated heterocycles. The van der Waals surface area contributed by atoms with Crippen molar-refractivity contribution in [2.45, 2.75) is 23.9 Å². The van der Waals surface area contributed by atoms with Crippen LogP contribution in [0.25, 0.3) is 11.3 Å². The zero-order valence-corrected chi connectivity index (χ0v) is 25.7. The lowest BCUT2D eigenvalue weighted by atomic mass is 9.98. The number of benzene rings is 2. The summed E-state index contributed by atoms with van der Waals surface area (Å²) in [6.07, 6.45) is -3.94. The number of sulfonamides is 1. The molecule has 17 heteroatoms. The van der Waals surface area contributed by atoms with Crippen LogP contribution in [0.5, 0.6) is 11.6 Å². The van der Waals surface area contributed by atoms with Crippen LogP contribution in [0, 0.1) is 6.92 Å². The highest BCUT2D eigenvalue weighted by Gasteiger charge is 2.62. The number of hydrogen-bond acceptors (Lipinski definition) is 8. The minimum atomic E-state index is -6.10. The number of likely N-dealkylation sites (N-methyl/N-ethyl adjacent to an activating group) is 1. The largest absolute Gasteiger partial charge is 0.458 e. The van der Waals surface area contributed by atoms with Crippen LogP contribution in [0.1, 0.15) is 11.1 Å². The Morgan fingerprint density at radius 2 is 1.64 bits per heavy atom. The summed E-state index contributed by atoms with van der Waals surface area (Å²) in [5.41, 5.74) is -2.00. The highest BCUT2D eigenvalue weighted by atomic mass is 35.5. The Hall–Kier alpha value is -4.02. The summed E-state index contributed by atoms with van der Waals surface area (Å²) in [6.45, 7) is 4.03. The molecule has 0 amide bonds. The van der Waals surface area contributed by atoms with Gasteiger partial charge in [0, 0.05) is 45.0 Å². The highest BCUT2D eigenvalue weighted by Crippen LogP contribution is 2.51. The molecule has 45 heavy (non-hydrogen) atoms. The van der Waals surface area contributed by atoms with Gasteiger partial charge in [-0.2, -0.15) is 32.0 Å². The van der Waals surface area contributed by atoms with Crippen molar-refractivity contribution in [3.63, 3.8) is 0 Å². The van der Waals surface area contributed by atoms with E-state index in [4.69, 9.17) is 16.3 Å². The molecule has 3 heterocycles. The third kappa shape index (κ3) is 6.53. The Kier molecular flexibility index (Phi) is 8.67. The topological polar surface area (TPSA) is 105 Å². The van der Waals surface area contributed by atoms with Gasteiger partial charge < -0.3 is 14.5 Å². The molecular weight excluding hydrogens is 645 g/mol. The van der Waals surface area contributed by atoms with Crippen molar-refractivity contribution in [3.05, 3.63) is 71.0 Å². The standard InChI is InChI=1S/C28H27ClF5N7O3S/c1-17-7-4-5-8-19(17)24-22(27(30,31)28(32,33)34)25(37-26(36-24)38-45(42,43)18-15-35-40(3)16-18)44-21-10-6-9-20(23(21)29)41-13-11-39(2)12-14-41/h4-10,15-16H,11-14H2,1-3H3,(H,36,37,38). The molecule has 0 saturated carbocycles. The van der Waals surface area contributed by atoms with Gasteiger partial charge in [0.25, 0.3) is 10.0 Å². The number of piperazine rings is 1. The second-order valence-electron chi connectivity index (χ2n) is 10.4. The zero-order chi connectivity index (χ0) is 32.7. The second kappa shape index (κ2) is 12.1. The van der Waals surface area contributed by atoms with E-state index in [2.05, 4.69) is 20.0 Å². The first-order chi connectivity index (χ1) is 21.1. The first-order valence-electron chi connectivity index (χ1n) is 13.4. The summed E-state index contributed by atoms with van der Waals surface area (Å²) in [5, 5.41) is 3.74. The smallest absolute Gasteiger partial charge is 0.437 e. The Labute approximate surface area is 260 Å². The van der Waals surface area contributed by atoms with Gasteiger partial charge in [0.15, 0.2) is 0 Å². The Morgan fingerprint density at radius 3 is 2.27 bits per heavy atom. The first kappa shape index (κ1) is 32.4.